The summed E-state index contributed by atoms with van der Waals surface area (Å²) >= 11 is 3.48. The molecule has 0 heterocycles. The lowest BCUT2D eigenvalue weighted by molar-refractivity contribution is 0.318. The number of hydrogen-bond donors (Lipinski definition) is 2. The summed E-state index contributed by atoms with van der Waals surface area (Å²) in [6.45, 7) is 4.84. The average Bonchev–Trinajstić information content (AvgIpc) is 2.40. The van der Waals surface area contributed by atoms with Gasteiger partial charge in [-0.3, -0.25) is 0 Å². The Balaban J connectivity index is 2.24. The first-order valence-corrected chi connectivity index (χ1v) is 7.44. The molecule has 0 atom stereocenters. The molecule has 0 aliphatic heterocycles. The number of anilines is 3. The molecule has 0 aromatic heterocycles. The lowest BCUT2D eigenvalue weighted by Gasteiger charge is -2.13. The second-order valence-corrected chi connectivity index (χ2v) is 5.64. The summed E-state index contributed by atoms with van der Waals surface area (Å²) in [5, 5.41) is 3.38. The molecule has 0 radical (unpaired) electrons. The Morgan fingerprint density at radius 1 is 1.20 bits per heavy atom. The van der Waals surface area contributed by atoms with E-state index in [-0.39, 0.29) is 0 Å². The second-order valence-electron chi connectivity index (χ2n) is 4.72. The summed E-state index contributed by atoms with van der Waals surface area (Å²) in [6, 6.07) is 11.8. The molecule has 2 aromatic rings. The van der Waals surface area contributed by atoms with Gasteiger partial charge in [-0.05, 0) is 37.1 Å². The molecule has 0 unspecified atom stereocenters. The molecule has 3 N–H and O–H groups in total. The van der Waals surface area contributed by atoms with E-state index in [2.05, 4.69) is 41.2 Å². The zero-order valence-electron chi connectivity index (χ0n) is 11.7. The normalized spacial score (nSPS) is 10.3. The van der Waals surface area contributed by atoms with E-state index in [0.717, 1.165) is 28.0 Å². The number of nitrogen functional groups attached to an aromatic ring is 1. The van der Waals surface area contributed by atoms with Gasteiger partial charge in [0.25, 0.3) is 0 Å². The molecule has 0 spiro atoms. The Hall–Kier alpha value is -1.68. The van der Waals surface area contributed by atoms with Gasteiger partial charge in [-0.2, -0.15) is 0 Å². The molecule has 0 aliphatic carbocycles. The summed E-state index contributed by atoms with van der Waals surface area (Å²) in [7, 11) is 0. The number of aryl methyl sites for hydroxylation is 1. The quantitative estimate of drug-likeness (QED) is 0.766. The molecule has 2 aromatic carbocycles. The first kappa shape index (κ1) is 14.7. The minimum atomic E-state index is 0.689. The summed E-state index contributed by atoms with van der Waals surface area (Å²) in [4.78, 5) is 0. The Labute approximate surface area is 128 Å². The third-order valence-corrected chi connectivity index (χ3v) is 3.37. The van der Waals surface area contributed by atoms with E-state index in [1.54, 1.807) is 0 Å². The van der Waals surface area contributed by atoms with Crippen LogP contribution in [0.5, 0.6) is 5.75 Å². The number of halogens is 1. The molecular weight excluding hydrogens is 316 g/mol. The van der Waals surface area contributed by atoms with Crippen molar-refractivity contribution in [3.63, 3.8) is 0 Å². The fourth-order valence-corrected chi connectivity index (χ4v) is 2.24. The molecule has 20 heavy (non-hydrogen) atoms. The lowest BCUT2D eigenvalue weighted by Crippen LogP contribution is -1.99. The van der Waals surface area contributed by atoms with Gasteiger partial charge in [0.2, 0.25) is 0 Å². The Morgan fingerprint density at radius 2 is 2.00 bits per heavy atom. The first-order valence-electron chi connectivity index (χ1n) is 6.65. The number of benzene rings is 2. The van der Waals surface area contributed by atoms with Gasteiger partial charge in [-0.25, -0.2) is 0 Å². The maximum Gasteiger partial charge on any atom is 0.123 e. The van der Waals surface area contributed by atoms with Crippen LogP contribution in [0.25, 0.3) is 0 Å². The first-order chi connectivity index (χ1) is 9.58. The fourth-order valence-electron chi connectivity index (χ4n) is 1.88. The topological polar surface area (TPSA) is 47.3 Å². The maximum atomic E-state index is 5.92. The third kappa shape index (κ3) is 3.90. The van der Waals surface area contributed by atoms with Gasteiger partial charge >= 0.3 is 0 Å². The van der Waals surface area contributed by atoms with Crippen molar-refractivity contribution in [2.45, 2.75) is 20.3 Å². The largest absolute Gasteiger partial charge is 0.493 e. The predicted octanol–water partition coefficient (Wildman–Crippen LogP) is 4.87. The van der Waals surface area contributed by atoms with E-state index in [0.29, 0.717) is 12.3 Å². The van der Waals surface area contributed by atoms with E-state index >= 15 is 0 Å². The Morgan fingerprint density at radius 3 is 2.75 bits per heavy atom. The van der Waals surface area contributed by atoms with E-state index in [1.165, 1.54) is 5.56 Å². The van der Waals surface area contributed by atoms with Crippen LogP contribution < -0.4 is 15.8 Å². The van der Waals surface area contributed by atoms with Crippen molar-refractivity contribution in [3.8, 4) is 5.75 Å². The Bertz CT molecular complexity index is 599. The monoisotopic (exact) mass is 334 g/mol. The summed E-state index contributed by atoms with van der Waals surface area (Å²) in [6.07, 6.45) is 0.975. The van der Waals surface area contributed by atoms with E-state index in [9.17, 15) is 0 Å². The summed E-state index contributed by atoms with van der Waals surface area (Å²) < 4.78 is 6.68. The van der Waals surface area contributed by atoms with Crippen molar-refractivity contribution in [2.75, 3.05) is 17.7 Å². The summed E-state index contributed by atoms with van der Waals surface area (Å²) in [5.74, 6) is 0.794. The van der Waals surface area contributed by atoms with Gasteiger partial charge < -0.3 is 15.8 Å². The minimum Gasteiger partial charge on any atom is -0.493 e. The maximum absolute atomic E-state index is 5.92. The zero-order chi connectivity index (χ0) is 14.5. The highest BCUT2D eigenvalue weighted by atomic mass is 79.9. The van der Waals surface area contributed by atoms with Crippen LogP contribution in [0, 0.1) is 6.92 Å². The van der Waals surface area contributed by atoms with Crippen LogP contribution in [-0.2, 0) is 0 Å². The van der Waals surface area contributed by atoms with Gasteiger partial charge in [0.05, 0.1) is 6.61 Å². The number of ether oxygens (including phenoxy) is 1. The van der Waals surface area contributed by atoms with Crippen molar-refractivity contribution >= 4 is 33.0 Å². The van der Waals surface area contributed by atoms with Crippen molar-refractivity contribution in [2.24, 2.45) is 0 Å². The molecule has 0 bridgehead atoms. The van der Waals surface area contributed by atoms with Crippen molar-refractivity contribution in [3.05, 3.63) is 46.4 Å². The highest BCUT2D eigenvalue weighted by Crippen LogP contribution is 2.28. The molecule has 3 nitrogen and oxygen atoms in total. The van der Waals surface area contributed by atoms with Crippen molar-refractivity contribution < 1.29 is 4.74 Å². The SMILES string of the molecule is CCCOc1cc(N)cc(Nc2cc(Br)ccc2C)c1. The molecule has 106 valence electrons. The number of hydrogen-bond acceptors (Lipinski definition) is 3. The van der Waals surface area contributed by atoms with Crippen molar-refractivity contribution in [1.82, 2.24) is 0 Å². The van der Waals surface area contributed by atoms with Crippen molar-refractivity contribution in [1.29, 1.82) is 0 Å². The average molecular weight is 335 g/mol. The molecule has 0 amide bonds. The van der Waals surface area contributed by atoms with Gasteiger partial charge in [0.1, 0.15) is 5.75 Å². The molecule has 0 aliphatic rings. The van der Waals surface area contributed by atoms with Gasteiger partial charge in [0, 0.05) is 33.7 Å². The minimum absolute atomic E-state index is 0.689. The highest BCUT2D eigenvalue weighted by Gasteiger charge is 2.03. The molecular formula is C16H19BrN2O. The van der Waals surface area contributed by atoms with Crippen LogP contribution in [0.1, 0.15) is 18.9 Å². The van der Waals surface area contributed by atoms with E-state index in [1.807, 2.05) is 30.3 Å². The smallest absolute Gasteiger partial charge is 0.123 e. The highest BCUT2D eigenvalue weighted by molar-refractivity contribution is 9.10. The Kier molecular flexibility index (Phi) is 4.90. The molecule has 0 fully saturated rings. The van der Waals surface area contributed by atoms with E-state index in [4.69, 9.17) is 10.5 Å². The molecule has 0 saturated carbocycles. The second kappa shape index (κ2) is 6.66. The van der Waals surface area contributed by atoms with Crippen LogP contribution in [0.4, 0.5) is 17.1 Å². The third-order valence-electron chi connectivity index (χ3n) is 2.88. The van der Waals surface area contributed by atoms with Crippen LogP contribution in [-0.4, -0.2) is 6.61 Å². The van der Waals surface area contributed by atoms with Crippen LogP contribution >= 0.6 is 15.9 Å². The molecule has 0 saturated heterocycles. The molecule has 4 heteroatoms. The van der Waals surface area contributed by atoms with Gasteiger partial charge in [-0.1, -0.05) is 28.9 Å². The van der Waals surface area contributed by atoms with Crippen LogP contribution in [0.2, 0.25) is 0 Å². The van der Waals surface area contributed by atoms with Crippen LogP contribution in [0.15, 0.2) is 40.9 Å². The van der Waals surface area contributed by atoms with Gasteiger partial charge in [-0.15, -0.1) is 0 Å². The van der Waals surface area contributed by atoms with Gasteiger partial charge in [0.15, 0.2) is 0 Å². The summed E-state index contributed by atoms with van der Waals surface area (Å²) in [5.41, 5.74) is 9.76. The van der Waals surface area contributed by atoms with E-state index < -0.39 is 0 Å². The standard InChI is InChI=1S/C16H19BrN2O/c1-3-6-20-15-9-13(18)8-14(10-15)19-16-7-12(17)5-4-11(16)2/h4-5,7-10,19H,3,6,18H2,1-2H3. The zero-order valence-corrected chi connectivity index (χ0v) is 13.3. The number of nitrogens with one attached hydrogen (secondary N) is 1. The predicted molar refractivity (Wildman–Crippen MR) is 88.8 cm³/mol. The van der Waals surface area contributed by atoms with Crippen LogP contribution in [0.3, 0.4) is 0 Å². The number of nitrogens with two attached hydrogens (primary N) is 1. The fraction of sp³-hybridized carbons (Fsp3) is 0.250. The number of rotatable bonds is 5. The molecule has 2 rings (SSSR count). The lowest BCUT2D eigenvalue weighted by atomic mass is 10.2.